The van der Waals surface area contributed by atoms with Crippen molar-refractivity contribution >= 4 is 21.9 Å². The van der Waals surface area contributed by atoms with Crippen LogP contribution in [0.1, 0.15) is 37.3 Å². The molecule has 1 aliphatic carbocycles. The minimum Gasteiger partial charge on any atom is -0.481 e. The van der Waals surface area contributed by atoms with E-state index in [1.54, 1.807) is 12.3 Å². The summed E-state index contributed by atoms with van der Waals surface area (Å²) >= 11 is 3.30. The molecule has 1 aromatic heterocycles. The van der Waals surface area contributed by atoms with Crippen LogP contribution in [0.4, 0.5) is 0 Å². The van der Waals surface area contributed by atoms with Gasteiger partial charge in [0.05, 0.1) is 11.6 Å². The molecular weight excluding hydrogens is 277 g/mol. The number of hydrogen-bond donors (Lipinski definition) is 1. The minimum absolute atomic E-state index is 0. The van der Waals surface area contributed by atoms with Crippen LogP contribution in [0.2, 0.25) is 0 Å². The van der Waals surface area contributed by atoms with Gasteiger partial charge in [0.25, 0.3) is 0 Å². The fourth-order valence-electron chi connectivity index (χ4n) is 2.00. The second-order valence-electron chi connectivity index (χ2n) is 4.32. The monoisotopic (exact) mass is 290 g/mol. The zero-order valence-electron chi connectivity index (χ0n) is 9.90. The second kappa shape index (κ2) is 6.58. The van der Waals surface area contributed by atoms with Crippen LogP contribution in [-0.4, -0.2) is 16.1 Å². The summed E-state index contributed by atoms with van der Waals surface area (Å²) in [6.07, 6.45) is 5.96. The molecule has 1 heterocycles. The first-order chi connectivity index (χ1) is 7.66. The number of rotatable bonds is 4. The largest absolute Gasteiger partial charge is 1.00 e. The van der Waals surface area contributed by atoms with E-state index in [0.29, 0.717) is 11.6 Å². The zero-order chi connectivity index (χ0) is 11.5. The maximum Gasteiger partial charge on any atom is 1.00 e. The van der Waals surface area contributed by atoms with Crippen LogP contribution in [0, 0.1) is 5.92 Å². The third kappa shape index (κ3) is 3.84. The van der Waals surface area contributed by atoms with Gasteiger partial charge >= 0.3 is 24.8 Å². The molecule has 0 amide bonds. The van der Waals surface area contributed by atoms with Gasteiger partial charge in [0.15, 0.2) is 0 Å². The summed E-state index contributed by atoms with van der Waals surface area (Å²) in [6.45, 7) is 0. The van der Waals surface area contributed by atoms with Crippen molar-refractivity contribution in [1.29, 1.82) is 0 Å². The summed E-state index contributed by atoms with van der Waals surface area (Å²) in [4.78, 5) is 15.4. The molecule has 0 radical (unpaired) electrons. The standard InChI is InChI=1S/C12H14BrNO2.Li/c13-9-4-5-11(14-7-9)10(12(15)16)6-8-2-1-3-8;/h4-5,7-8,10H,1-3,6H2,(H,15,16);/q;+1. The topological polar surface area (TPSA) is 50.2 Å². The molecule has 1 aliphatic rings. The Balaban J connectivity index is 0.00000144. The normalized spacial score (nSPS) is 16.8. The second-order valence-corrected chi connectivity index (χ2v) is 5.24. The first kappa shape index (κ1) is 14.8. The van der Waals surface area contributed by atoms with Gasteiger partial charge in [-0.15, -0.1) is 0 Å². The fourth-order valence-corrected chi connectivity index (χ4v) is 2.24. The van der Waals surface area contributed by atoms with Crippen LogP contribution in [0.5, 0.6) is 0 Å². The molecular formula is C12H14BrLiNO2+. The van der Waals surface area contributed by atoms with Crippen LogP contribution in [0.3, 0.4) is 0 Å². The van der Waals surface area contributed by atoms with Crippen molar-refractivity contribution in [2.24, 2.45) is 5.92 Å². The van der Waals surface area contributed by atoms with Gasteiger partial charge < -0.3 is 5.11 Å². The molecule has 1 aromatic rings. The summed E-state index contributed by atoms with van der Waals surface area (Å²) in [7, 11) is 0. The van der Waals surface area contributed by atoms with E-state index in [2.05, 4.69) is 20.9 Å². The van der Waals surface area contributed by atoms with E-state index in [1.165, 1.54) is 19.3 Å². The number of pyridine rings is 1. The number of halogens is 1. The van der Waals surface area contributed by atoms with Crippen molar-refractivity contribution in [2.45, 2.75) is 31.6 Å². The van der Waals surface area contributed by atoms with Gasteiger partial charge in [-0.25, -0.2) is 0 Å². The van der Waals surface area contributed by atoms with E-state index in [4.69, 9.17) is 0 Å². The fraction of sp³-hybridized carbons (Fsp3) is 0.500. The van der Waals surface area contributed by atoms with Gasteiger partial charge in [-0.05, 0) is 40.4 Å². The minimum atomic E-state index is -0.762. The Kier molecular flexibility index (Phi) is 5.71. The molecule has 1 atom stereocenters. The van der Waals surface area contributed by atoms with E-state index in [0.717, 1.165) is 10.9 Å². The van der Waals surface area contributed by atoms with Crippen molar-refractivity contribution in [2.75, 3.05) is 0 Å². The predicted molar refractivity (Wildman–Crippen MR) is 64.3 cm³/mol. The number of carboxylic acid groups (broad SMARTS) is 1. The van der Waals surface area contributed by atoms with Crippen molar-refractivity contribution < 1.29 is 28.8 Å². The molecule has 1 unspecified atom stereocenters. The predicted octanol–water partition coefficient (Wildman–Crippen LogP) is 0.207. The maximum absolute atomic E-state index is 11.2. The van der Waals surface area contributed by atoms with Gasteiger partial charge in [0.1, 0.15) is 0 Å². The van der Waals surface area contributed by atoms with Crippen LogP contribution in [-0.2, 0) is 4.79 Å². The SMILES string of the molecule is O=C(O)C(CC1CCC1)c1ccc(Br)cn1.[Li+]. The Hall–Kier alpha value is -0.303. The van der Waals surface area contributed by atoms with Gasteiger partial charge in [0.2, 0.25) is 0 Å². The van der Waals surface area contributed by atoms with E-state index >= 15 is 0 Å². The molecule has 17 heavy (non-hydrogen) atoms. The van der Waals surface area contributed by atoms with Crippen LogP contribution < -0.4 is 18.9 Å². The Morgan fingerprint density at radius 3 is 2.65 bits per heavy atom. The summed E-state index contributed by atoms with van der Waals surface area (Å²) in [5.41, 5.74) is 0.669. The number of aromatic nitrogens is 1. The van der Waals surface area contributed by atoms with Crippen molar-refractivity contribution in [3.63, 3.8) is 0 Å². The summed E-state index contributed by atoms with van der Waals surface area (Å²) < 4.78 is 0.879. The van der Waals surface area contributed by atoms with Gasteiger partial charge in [-0.3, -0.25) is 9.78 Å². The molecule has 0 saturated heterocycles. The molecule has 0 bridgehead atoms. The number of carbonyl (C=O) groups is 1. The van der Waals surface area contributed by atoms with Crippen LogP contribution >= 0.6 is 15.9 Å². The van der Waals surface area contributed by atoms with Gasteiger partial charge in [0, 0.05) is 10.7 Å². The first-order valence-corrected chi connectivity index (χ1v) is 6.30. The number of hydrogen-bond acceptors (Lipinski definition) is 2. The van der Waals surface area contributed by atoms with E-state index < -0.39 is 11.9 Å². The molecule has 1 fully saturated rings. The quantitative estimate of drug-likeness (QED) is 0.807. The molecule has 0 spiro atoms. The van der Waals surface area contributed by atoms with Crippen molar-refractivity contribution in [3.05, 3.63) is 28.5 Å². The van der Waals surface area contributed by atoms with Crippen LogP contribution in [0.15, 0.2) is 22.8 Å². The van der Waals surface area contributed by atoms with E-state index in [1.807, 2.05) is 6.07 Å². The van der Waals surface area contributed by atoms with E-state index in [-0.39, 0.29) is 18.9 Å². The summed E-state index contributed by atoms with van der Waals surface area (Å²) in [5.74, 6) is -0.633. The Morgan fingerprint density at radius 1 is 1.53 bits per heavy atom. The van der Waals surface area contributed by atoms with Crippen molar-refractivity contribution in [1.82, 2.24) is 4.98 Å². The Labute approximate surface area is 121 Å². The number of aliphatic carboxylic acids is 1. The van der Waals surface area contributed by atoms with Crippen LogP contribution in [0.25, 0.3) is 0 Å². The molecule has 5 heteroatoms. The maximum atomic E-state index is 11.2. The molecule has 3 nitrogen and oxygen atoms in total. The third-order valence-corrected chi connectivity index (χ3v) is 3.67. The summed E-state index contributed by atoms with van der Waals surface area (Å²) in [6, 6.07) is 3.64. The molecule has 1 saturated carbocycles. The molecule has 0 aromatic carbocycles. The van der Waals surface area contributed by atoms with Crippen molar-refractivity contribution in [3.8, 4) is 0 Å². The van der Waals surface area contributed by atoms with Gasteiger partial charge in [-0.2, -0.15) is 0 Å². The smallest absolute Gasteiger partial charge is 0.481 e. The zero-order valence-corrected chi connectivity index (χ0v) is 11.5. The molecule has 86 valence electrons. The number of carboxylic acids is 1. The Bertz CT molecular complexity index is 379. The average molecular weight is 291 g/mol. The molecule has 0 aliphatic heterocycles. The molecule has 1 N–H and O–H groups in total. The van der Waals surface area contributed by atoms with Gasteiger partial charge in [-0.1, -0.05) is 19.3 Å². The average Bonchev–Trinajstić information content (AvgIpc) is 2.18. The number of nitrogens with zero attached hydrogens (tertiary/aromatic N) is 1. The first-order valence-electron chi connectivity index (χ1n) is 5.51. The summed E-state index contributed by atoms with van der Waals surface area (Å²) in [5, 5.41) is 9.21. The molecule has 2 rings (SSSR count). The van der Waals surface area contributed by atoms with E-state index in [9.17, 15) is 9.90 Å². The third-order valence-electron chi connectivity index (χ3n) is 3.20. The Morgan fingerprint density at radius 2 is 2.24 bits per heavy atom.